The highest BCUT2D eigenvalue weighted by Gasteiger charge is 2.16. The molecule has 5 N–H and O–H groups in total. The van der Waals surface area contributed by atoms with Crippen molar-refractivity contribution in [2.75, 3.05) is 5.73 Å². The molecule has 0 amide bonds. The van der Waals surface area contributed by atoms with Crippen LogP contribution in [0.25, 0.3) is 0 Å². The number of pyridine rings is 1. The molecule has 0 aliphatic rings. The van der Waals surface area contributed by atoms with Gasteiger partial charge in [-0.1, -0.05) is 20.8 Å². The lowest BCUT2D eigenvalue weighted by Crippen LogP contribution is -2.19. The van der Waals surface area contributed by atoms with Crippen LogP contribution in [0, 0.1) is 5.41 Å². The first-order valence-electron chi connectivity index (χ1n) is 4.44. The monoisotopic (exact) mass is 192 g/mol. The predicted molar refractivity (Wildman–Crippen MR) is 58.4 cm³/mol. The van der Waals surface area contributed by atoms with Gasteiger partial charge in [0, 0.05) is 11.1 Å². The number of hydrogen-bond acceptors (Lipinski definition) is 3. The molecule has 0 fully saturated rings. The highest BCUT2D eigenvalue weighted by molar-refractivity contribution is 5.98. The highest BCUT2D eigenvalue weighted by atomic mass is 14.9. The SMILES string of the molecule is CC(C)(C)c1ccc(C(=N)N)c(N)n1. The minimum absolute atomic E-state index is 0.0383. The molecule has 0 bridgehead atoms. The van der Waals surface area contributed by atoms with Crippen molar-refractivity contribution in [1.82, 2.24) is 4.98 Å². The van der Waals surface area contributed by atoms with E-state index in [1.807, 2.05) is 6.07 Å². The average molecular weight is 192 g/mol. The van der Waals surface area contributed by atoms with Crippen LogP contribution in [0.15, 0.2) is 12.1 Å². The highest BCUT2D eigenvalue weighted by Crippen LogP contribution is 2.22. The molecule has 1 aromatic heterocycles. The molecule has 76 valence electrons. The number of aromatic nitrogens is 1. The number of hydrogen-bond donors (Lipinski definition) is 3. The van der Waals surface area contributed by atoms with Crippen molar-refractivity contribution in [1.29, 1.82) is 5.41 Å². The topological polar surface area (TPSA) is 88.8 Å². The number of nitrogens with one attached hydrogen (secondary N) is 1. The van der Waals surface area contributed by atoms with E-state index in [-0.39, 0.29) is 11.3 Å². The number of anilines is 1. The van der Waals surface area contributed by atoms with Gasteiger partial charge < -0.3 is 11.5 Å². The fourth-order valence-corrected chi connectivity index (χ4v) is 1.12. The maximum atomic E-state index is 7.26. The molecule has 0 radical (unpaired) electrons. The lowest BCUT2D eigenvalue weighted by molar-refractivity contribution is 0.570. The Bertz CT molecular complexity index is 363. The lowest BCUT2D eigenvalue weighted by atomic mass is 9.91. The van der Waals surface area contributed by atoms with Crippen molar-refractivity contribution < 1.29 is 0 Å². The Kier molecular flexibility index (Phi) is 2.47. The summed E-state index contributed by atoms with van der Waals surface area (Å²) in [5, 5.41) is 7.26. The molecule has 0 unspecified atom stereocenters. The number of nitrogens with zero attached hydrogens (tertiary/aromatic N) is 1. The van der Waals surface area contributed by atoms with Gasteiger partial charge in [-0.25, -0.2) is 4.98 Å². The van der Waals surface area contributed by atoms with Crippen LogP contribution < -0.4 is 11.5 Å². The predicted octanol–water partition coefficient (Wildman–Crippen LogP) is 1.25. The van der Waals surface area contributed by atoms with Crippen molar-refractivity contribution in [3.63, 3.8) is 0 Å². The van der Waals surface area contributed by atoms with Crippen LogP contribution >= 0.6 is 0 Å². The van der Waals surface area contributed by atoms with Gasteiger partial charge in [0.05, 0.1) is 5.56 Å². The molecule has 0 aliphatic carbocycles. The van der Waals surface area contributed by atoms with Crippen LogP contribution in [0.2, 0.25) is 0 Å². The van der Waals surface area contributed by atoms with E-state index in [1.165, 1.54) is 0 Å². The summed E-state index contributed by atoms with van der Waals surface area (Å²) < 4.78 is 0. The Hall–Kier alpha value is -1.58. The van der Waals surface area contributed by atoms with Gasteiger partial charge in [-0.15, -0.1) is 0 Å². The molecule has 14 heavy (non-hydrogen) atoms. The quantitative estimate of drug-likeness (QED) is 0.462. The molecule has 1 heterocycles. The van der Waals surface area contributed by atoms with Gasteiger partial charge >= 0.3 is 0 Å². The molecule has 4 nitrogen and oxygen atoms in total. The zero-order valence-electron chi connectivity index (χ0n) is 8.76. The average Bonchev–Trinajstić information content (AvgIpc) is 2.01. The number of rotatable bonds is 1. The molecule has 0 atom stereocenters. The summed E-state index contributed by atoms with van der Waals surface area (Å²) in [5.74, 6) is 0.278. The first kappa shape index (κ1) is 10.5. The molecule has 0 spiro atoms. The van der Waals surface area contributed by atoms with Crippen molar-refractivity contribution in [2.24, 2.45) is 5.73 Å². The Labute approximate surface area is 83.8 Å². The molecule has 0 aliphatic heterocycles. The fraction of sp³-hybridized carbons (Fsp3) is 0.400. The van der Waals surface area contributed by atoms with Crippen LogP contribution in [0.4, 0.5) is 5.82 Å². The summed E-state index contributed by atoms with van der Waals surface area (Å²) in [5.41, 5.74) is 12.4. The summed E-state index contributed by atoms with van der Waals surface area (Å²) in [7, 11) is 0. The molecule has 4 heteroatoms. The Balaban J connectivity index is 3.20. The smallest absolute Gasteiger partial charge is 0.134 e. The van der Waals surface area contributed by atoms with Gasteiger partial charge in [0.15, 0.2) is 0 Å². The van der Waals surface area contributed by atoms with Crippen molar-refractivity contribution in [3.8, 4) is 0 Å². The third-order valence-corrected chi connectivity index (χ3v) is 1.98. The molecule has 0 saturated heterocycles. The summed E-state index contributed by atoms with van der Waals surface area (Å²) in [4.78, 5) is 4.22. The van der Waals surface area contributed by atoms with E-state index < -0.39 is 0 Å². The van der Waals surface area contributed by atoms with Crippen molar-refractivity contribution in [3.05, 3.63) is 23.4 Å². The van der Waals surface area contributed by atoms with Crippen molar-refractivity contribution in [2.45, 2.75) is 26.2 Å². The van der Waals surface area contributed by atoms with Crippen LogP contribution in [0.5, 0.6) is 0 Å². The van der Waals surface area contributed by atoms with Crippen LogP contribution in [-0.4, -0.2) is 10.8 Å². The van der Waals surface area contributed by atoms with Crippen LogP contribution in [0.1, 0.15) is 32.0 Å². The summed E-state index contributed by atoms with van der Waals surface area (Å²) in [6.45, 7) is 6.17. The molecule has 0 saturated carbocycles. The molecular formula is C10H16N4. The maximum Gasteiger partial charge on any atom is 0.134 e. The summed E-state index contributed by atoms with van der Waals surface area (Å²) in [6.07, 6.45) is 0. The minimum Gasteiger partial charge on any atom is -0.384 e. The second-order valence-electron chi connectivity index (χ2n) is 4.29. The van der Waals surface area contributed by atoms with Crippen LogP contribution in [0.3, 0.4) is 0 Å². The third-order valence-electron chi connectivity index (χ3n) is 1.98. The van der Waals surface area contributed by atoms with E-state index in [1.54, 1.807) is 6.07 Å². The second kappa shape index (κ2) is 3.29. The second-order valence-corrected chi connectivity index (χ2v) is 4.29. The standard InChI is InChI=1S/C10H16N4/c1-10(2,3)7-5-4-6(8(11)12)9(13)14-7/h4-5H,1-3H3,(H3,11,12)(H2,13,14). The summed E-state index contributed by atoms with van der Waals surface area (Å²) >= 11 is 0. The van der Waals surface area contributed by atoms with Gasteiger partial charge in [-0.3, -0.25) is 5.41 Å². The minimum atomic E-state index is -0.0459. The first-order chi connectivity index (χ1) is 6.32. The van der Waals surface area contributed by atoms with Gasteiger partial charge in [0.1, 0.15) is 11.7 Å². The third kappa shape index (κ3) is 2.02. The number of nitrogens with two attached hydrogens (primary N) is 2. The van der Waals surface area contributed by atoms with Crippen LogP contribution in [-0.2, 0) is 5.41 Å². The lowest BCUT2D eigenvalue weighted by Gasteiger charge is -2.18. The van der Waals surface area contributed by atoms with E-state index in [4.69, 9.17) is 16.9 Å². The Morgan fingerprint density at radius 3 is 2.29 bits per heavy atom. The van der Waals surface area contributed by atoms with Gasteiger partial charge in [0.2, 0.25) is 0 Å². The van der Waals surface area contributed by atoms with Crippen molar-refractivity contribution >= 4 is 11.7 Å². The van der Waals surface area contributed by atoms with Gasteiger partial charge in [-0.05, 0) is 12.1 Å². The van der Waals surface area contributed by atoms with E-state index in [0.717, 1.165) is 5.69 Å². The zero-order valence-corrected chi connectivity index (χ0v) is 8.76. The number of nitrogen functional groups attached to an aromatic ring is 2. The molecule has 1 aromatic rings. The molecule has 0 aromatic carbocycles. The van der Waals surface area contributed by atoms with E-state index in [2.05, 4.69) is 25.8 Å². The largest absolute Gasteiger partial charge is 0.384 e. The summed E-state index contributed by atoms with van der Waals surface area (Å²) in [6, 6.07) is 3.60. The van der Waals surface area contributed by atoms with E-state index in [0.29, 0.717) is 11.4 Å². The maximum absolute atomic E-state index is 7.26. The molecule has 1 rings (SSSR count). The Morgan fingerprint density at radius 2 is 1.93 bits per heavy atom. The van der Waals surface area contributed by atoms with E-state index >= 15 is 0 Å². The van der Waals surface area contributed by atoms with Gasteiger partial charge in [-0.2, -0.15) is 0 Å². The fourth-order valence-electron chi connectivity index (χ4n) is 1.12. The Morgan fingerprint density at radius 1 is 1.36 bits per heavy atom. The van der Waals surface area contributed by atoms with E-state index in [9.17, 15) is 0 Å². The van der Waals surface area contributed by atoms with Gasteiger partial charge in [0.25, 0.3) is 0 Å². The zero-order chi connectivity index (χ0) is 10.9. The number of amidine groups is 1. The first-order valence-corrected chi connectivity index (χ1v) is 4.44. The normalized spacial score (nSPS) is 11.4. The molecular weight excluding hydrogens is 176 g/mol.